The molecule has 0 unspecified atom stereocenters. The van der Waals surface area contributed by atoms with Crippen molar-refractivity contribution in [2.45, 2.75) is 12.8 Å². The number of hydrogen-bond acceptors (Lipinski definition) is 1. The average molecular weight is 296 g/mol. The number of benzene rings is 2. The molecule has 0 bridgehead atoms. The van der Waals surface area contributed by atoms with Crippen LogP contribution in [0.15, 0.2) is 60.7 Å². The molecule has 3 rings (SSSR count). The number of hydrogen-bond donors (Lipinski definition) is 0. The number of rotatable bonds is 2. The Kier molecular flexibility index (Phi) is 10.3. The van der Waals surface area contributed by atoms with Gasteiger partial charge in [-0.3, -0.25) is 0 Å². The topological polar surface area (TPSA) is 9.23 Å². The van der Waals surface area contributed by atoms with E-state index in [2.05, 4.69) is 48.5 Å². The van der Waals surface area contributed by atoms with E-state index in [1.54, 1.807) is 0 Å². The van der Waals surface area contributed by atoms with Crippen LogP contribution in [0.1, 0.15) is 12.8 Å². The van der Waals surface area contributed by atoms with Crippen molar-refractivity contribution in [1.82, 2.24) is 0 Å². The smallest absolute Gasteiger partial charge is 0.472 e. The third-order valence-corrected chi connectivity index (χ3v) is 3.71. The van der Waals surface area contributed by atoms with Crippen LogP contribution in [-0.4, -0.2) is 13.2 Å². The van der Waals surface area contributed by atoms with Gasteiger partial charge in [0.1, 0.15) is 0 Å². The van der Waals surface area contributed by atoms with Crippen LogP contribution in [0, 0.1) is 0 Å². The van der Waals surface area contributed by atoms with Gasteiger partial charge >= 0.3 is 51.4 Å². The van der Waals surface area contributed by atoms with Crippen molar-refractivity contribution in [1.29, 1.82) is 0 Å². The van der Waals surface area contributed by atoms with Gasteiger partial charge in [0, 0.05) is 13.2 Å². The summed E-state index contributed by atoms with van der Waals surface area (Å²) in [5, 5.41) is 2.68. The first kappa shape index (κ1) is 17.5. The molecule has 3 heteroatoms. The monoisotopic (exact) mass is 296 g/mol. The van der Waals surface area contributed by atoms with Crippen LogP contribution in [0.4, 0.5) is 0 Å². The second kappa shape index (κ2) is 11.2. The van der Waals surface area contributed by atoms with Gasteiger partial charge in [0.2, 0.25) is 0 Å². The standard InChI is InChI=1S/C12H10P.C4H8O.K/c1-3-7-11(8-4-1)13-12-9-5-2-6-10-12;1-2-4-5-3-1;/h1-10H;1-4H2;/q-1;;+1. The Morgan fingerprint density at radius 3 is 1.42 bits per heavy atom. The van der Waals surface area contributed by atoms with Crippen LogP contribution >= 0.6 is 8.58 Å². The van der Waals surface area contributed by atoms with Gasteiger partial charge in [-0.05, 0) is 12.8 Å². The predicted octanol–water partition coefficient (Wildman–Crippen LogP) is 0.384. The summed E-state index contributed by atoms with van der Waals surface area (Å²) in [4.78, 5) is 0. The van der Waals surface area contributed by atoms with Crippen LogP contribution in [0.2, 0.25) is 0 Å². The molecule has 1 aliphatic rings. The minimum Gasteiger partial charge on any atom is -0.472 e. The third kappa shape index (κ3) is 7.72. The molecule has 0 N–H and O–H groups in total. The molecule has 94 valence electrons. The fraction of sp³-hybridized carbons (Fsp3) is 0.250. The van der Waals surface area contributed by atoms with Crippen molar-refractivity contribution in [3.8, 4) is 0 Å². The molecule has 0 amide bonds. The molecule has 0 atom stereocenters. The van der Waals surface area contributed by atoms with Crippen LogP contribution in [0.25, 0.3) is 0 Å². The molecule has 2 aromatic rings. The van der Waals surface area contributed by atoms with Crippen molar-refractivity contribution >= 4 is 19.2 Å². The molecule has 1 nitrogen and oxygen atoms in total. The molecule has 2 aromatic carbocycles. The Morgan fingerprint density at radius 2 is 1.11 bits per heavy atom. The molecular formula is C16H18KOP. The Balaban J connectivity index is 0.000000256. The zero-order valence-corrected chi connectivity index (χ0v) is 15.5. The van der Waals surface area contributed by atoms with Crippen molar-refractivity contribution in [3.63, 3.8) is 0 Å². The van der Waals surface area contributed by atoms with Crippen molar-refractivity contribution < 1.29 is 56.1 Å². The summed E-state index contributed by atoms with van der Waals surface area (Å²) in [5.74, 6) is 0. The van der Waals surface area contributed by atoms with Gasteiger partial charge in [0.15, 0.2) is 0 Å². The van der Waals surface area contributed by atoms with Gasteiger partial charge in [0.05, 0.1) is 0 Å². The van der Waals surface area contributed by atoms with Gasteiger partial charge in [-0.25, -0.2) is 10.6 Å². The van der Waals surface area contributed by atoms with Gasteiger partial charge in [-0.2, -0.15) is 0 Å². The molecule has 1 fully saturated rings. The van der Waals surface area contributed by atoms with E-state index in [-0.39, 0.29) is 51.4 Å². The average Bonchev–Trinajstić information content (AvgIpc) is 3.00. The maximum absolute atomic E-state index is 4.94. The minimum atomic E-state index is 0. The molecule has 1 saturated heterocycles. The summed E-state index contributed by atoms with van der Waals surface area (Å²) < 4.78 is 4.94. The quantitative estimate of drug-likeness (QED) is 0.575. The van der Waals surface area contributed by atoms with Crippen molar-refractivity contribution in [2.75, 3.05) is 13.2 Å². The normalized spacial score (nSPS) is 13.1. The van der Waals surface area contributed by atoms with Gasteiger partial charge < -0.3 is 13.3 Å². The molecular weight excluding hydrogens is 278 g/mol. The summed E-state index contributed by atoms with van der Waals surface area (Å²) in [7, 11) is 1.28. The summed E-state index contributed by atoms with van der Waals surface area (Å²) >= 11 is 0. The molecule has 1 aliphatic heterocycles. The Morgan fingerprint density at radius 1 is 0.684 bits per heavy atom. The second-order valence-electron chi connectivity index (χ2n) is 4.10. The molecule has 1 heterocycles. The van der Waals surface area contributed by atoms with Gasteiger partial charge in [-0.1, -0.05) is 60.7 Å². The maximum atomic E-state index is 4.94. The number of ether oxygens (including phenoxy) is 1. The first-order chi connectivity index (χ1) is 8.95. The van der Waals surface area contributed by atoms with Gasteiger partial charge in [-0.15, -0.1) is 0 Å². The molecule has 0 spiro atoms. The zero-order valence-electron chi connectivity index (χ0n) is 11.5. The van der Waals surface area contributed by atoms with E-state index >= 15 is 0 Å². The maximum Gasteiger partial charge on any atom is 1.00 e. The van der Waals surface area contributed by atoms with Crippen molar-refractivity contribution in [2.24, 2.45) is 0 Å². The largest absolute Gasteiger partial charge is 1.00 e. The zero-order chi connectivity index (χ0) is 12.5. The van der Waals surface area contributed by atoms with E-state index in [1.807, 2.05) is 12.1 Å². The second-order valence-corrected chi connectivity index (χ2v) is 5.36. The Labute approximate surface area is 160 Å². The molecule has 0 aromatic heterocycles. The van der Waals surface area contributed by atoms with Crippen LogP contribution in [-0.2, 0) is 4.74 Å². The Hall–Kier alpha value is 0.466. The van der Waals surface area contributed by atoms with Crippen LogP contribution < -0.4 is 62.0 Å². The molecule has 0 saturated carbocycles. The summed E-state index contributed by atoms with van der Waals surface area (Å²) in [5.41, 5.74) is 0. The fourth-order valence-electron chi connectivity index (χ4n) is 1.66. The van der Waals surface area contributed by atoms with Crippen molar-refractivity contribution in [3.05, 3.63) is 60.7 Å². The summed E-state index contributed by atoms with van der Waals surface area (Å²) in [6.45, 7) is 2.00. The first-order valence-electron chi connectivity index (χ1n) is 6.35. The summed E-state index contributed by atoms with van der Waals surface area (Å²) in [6.07, 6.45) is 2.56. The third-order valence-electron chi connectivity index (χ3n) is 2.60. The van der Waals surface area contributed by atoms with Crippen LogP contribution in [0.3, 0.4) is 0 Å². The fourth-order valence-corrected chi connectivity index (χ4v) is 2.60. The SMILES string of the molecule is C1CCOC1.[K+].c1ccc([P-]c2ccccc2)cc1. The minimum absolute atomic E-state index is 0. The predicted molar refractivity (Wildman–Crippen MR) is 79.1 cm³/mol. The van der Waals surface area contributed by atoms with E-state index in [0.29, 0.717) is 0 Å². The van der Waals surface area contributed by atoms with E-state index in [9.17, 15) is 0 Å². The molecule has 0 aliphatic carbocycles. The van der Waals surface area contributed by atoms with Gasteiger partial charge in [0.25, 0.3) is 0 Å². The summed E-state index contributed by atoms with van der Waals surface area (Å²) in [6, 6.07) is 21.0. The molecule has 19 heavy (non-hydrogen) atoms. The van der Waals surface area contributed by atoms with E-state index in [1.165, 1.54) is 32.0 Å². The van der Waals surface area contributed by atoms with Crippen LogP contribution in [0.5, 0.6) is 0 Å². The Bertz CT molecular complexity index is 384. The van der Waals surface area contributed by atoms with E-state index in [4.69, 9.17) is 4.74 Å². The first-order valence-corrected chi connectivity index (χ1v) is 7.24. The molecule has 0 radical (unpaired) electrons. The van der Waals surface area contributed by atoms with E-state index < -0.39 is 0 Å². The van der Waals surface area contributed by atoms with E-state index in [0.717, 1.165) is 13.2 Å².